The molecule has 1 unspecified atom stereocenters. The van der Waals surface area contributed by atoms with Crippen molar-refractivity contribution in [1.82, 2.24) is 5.43 Å². The van der Waals surface area contributed by atoms with Crippen LogP contribution in [-0.2, 0) is 4.79 Å². The summed E-state index contributed by atoms with van der Waals surface area (Å²) < 4.78 is 0. The third kappa shape index (κ3) is 2.29. The molecule has 0 spiro atoms. The van der Waals surface area contributed by atoms with Crippen LogP contribution in [0, 0.1) is 11.3 Å². The second kappa shape index (κ2) is 5.05. The molecule has 3 heteroatoms. The number of allylic oxidation sites excluding steroid dienone is 3. The second-order valence-corrected chi connectivity index (χ2v) is 5.37. The molecule has 17 heavy (non-hydrogen) atoms. The summed E-state index contributed by atoms with van der Waals surface area (Å²) in [4.78, 5) is 12.2. The van der Waals surface area contributed by atoms with Gasteiger partial charge in [-0.25, -0.2) is 5.84 Å². The zero-order valence-corrected chi connectivity index (χ0v) is 10.5. The van der Waals surface area contributed by atoms with Gasteiger partial charge in [-0.05, 0) is 25.2 Å². The Kier molecular flexibility index (Phi) is 3.67. The van der Waals surface area contributed by atoms with E-state index >= 15 is 0 Å². The molecule has 0 saturated heterocycles. The first kappa shape index (κ1) is 12.4. The number of carbonyl (C=O) groups is 1. The monoisotopic (exact) mass is 234 g/mol. The van der Waals surface area contributed by atoms with Crippen LogP contribution in [0.3, 0.4) is 0 Å². The number of rotatable bonds is 2. The maximum Gasteiger partial charge on any atom is 0.244 e. The van der Waals surface area contributed by atoms with Crippen LogP contribution in [0.5, 0.6) is 0 Å². The summed E-state index contributed by atoms with van der Waals surface area (Å²) in [7, 11) is 0. The number of carbonyl (C=O) groups excluding carboxylic acids is 1. The maximum absolute atomic E-state index is 12.2. The van der Waals surface area contributed by atoms with Gasteiger partial charge in [-0.3, -0.25) is 10.2 Å². The average molecular weight is 234 g/mol. The van der Waals surface area contributed by atoms with Gasteiger partial charge in [0.25, 0.3) is 0 Å². The minimum Gasteiger partial charge on any atom is -0.294 e. The van der Waals surface area contributed by atoms with E-state index in [2.05, 4.69) is 30.6 Å². The van der Waals surface area contributed by atoms with Gasteiger partial charge in [0.05, 0.1) is 5.41 Å². The predicted molar refractivity (Wildman–Crippen MR) is 68.9 cm³/mol. The molecule has 0 aliphatic heterocycles. The Labute approximate surface area is 103 Å². The van der Waals surface area contributed by atoms with Crippen molar-refractivity contribution in [3.8, 4) is 0 Å². The summed E-state index contributed by atoms with van der Waals surface area (Å²) in [5.41, 5.74) is 3.33. The molecule has 3 N–H and O–H groups in total. The van der Waals surface area contributed by atoms with E-state index in [0.717, 1.165) is 32.1 Å². The summed E-state index contributed by atoms with van der Waals surface area (Å²) in [5, 5.41) is 0. The molecule has 1 amide bonds. The zero-order chi connectivity index (χ0) is 12.3. The summed E-state index contributed by atoms with van der Waals surface area (Å²) in [6, 6.07) is 0. The van der Waals surface area contributed by atoms with E-state index in [1.807, 2.05) is 0 Å². The minimum atomic E-state index is -0.327. The topological polar surface area (TPSA) is 55.1 Å². The summed E-state index contributed by atoms with van der Waals surface area (Å²) in [5.74, 6) is 5.92. The highest BCUT2D eigenvalue weighted by molar-refractivity contribution is 5.85. The summed E-state index contributed by atoms with van der Waals surface area (Å²) in [6.45, 7) is 2.19. The molecule has 0 aromatic heterocycles. The fraction of sp³-hybridized carbons (Fsp3) is 0.643. The van der Waals surface area contributed by atoms with E-state index in [0.29, 0.717) is 5.92 Å². The average Bonchev–Trinajstić information content (AvgIpc) is 2.38. The third-order valence-corrected chi connectivity index (χ3v) is 4.17. The minimum absolute atomic E-state index is 0.00551. The molecule has 2 aliphatic carbocycles. The first-order valence-electron chi connectivity index (χ1n) is 6.58. The number of nitrogens with one attached hydrogen (secondary N) is 1. The number of nitrogens with two attached hydrogens (primary N) is 1. The summed E-state index contributed by atoms with van der Waals surface area (Å²) in [6.07, 6.45) is 12.8. The maximum atomic E-state index is 12.2. The molecule has 1 saturated carbocycles. The van der Waals surface area contributed by atoms with E-state index in [4.69, 9.17) is 5.84 Å². The molecular formula is C14H22N2O. The van der Waals surface area contributed by atoms with Crippen molar-refractivity contribution in [3.63, 3.8) is 0 Å². The van der Waals surface area contributed by atoms with E-state index < -0.39 is 0 Å². The Bertz CT molecular complexity index is 351. The lowest BCUT2D eigenvalue weighted by Crippen LogP contribution is -2.47. The summed E-state index contributed by atoms with van der Waals surface area (Å²) >= 11 is 0. The largest absolute Gasteiger partial charge is 0.294 e. The molecule has 0 radical (unpaired) electrons. The van der Waals surface area contributed by atoms with Crippen molar-refractivity contribution < 1.29 is 4.79 Å². The van der Waals surface area contributed by atoms with Gasteiger partial charge in [0.1, 0.15) is 0 Å². The van der Waals surface area contributed by atoms with Crippen molar-refractivity contribution in [1.29, 1.82) is 0 Å². The Morgan fingerprint density at radius 3 is 2.71 bits per heavy atom. The van der Waals surface area contributed by atoms with Crippen molar-refractivity contribution in [3.05, 3.63) is 23.8 Å². The number of hydrogen-bond donors (Lipinski definition) is 2. The Morgan fingerprint density at radius 1 is 1.41 bits per heavy atom. The van der Waals surface area contributed by atoms with Gasteiger partial charge in [0, 0.05) is 0 Å². The highest BCUT2D eigenvalue weighted by atomic mass is 16.2. The highest BCUT2D eigenvalue weighted by Crippen LogP contribution is 2.45. The molecule has 2 aliphatic rings. The van der Waals surface area contributed by atoms with E-state index in [1.54, 1.807) is 0 Å². The highest BCUT2D eigenvalue weighted by Gasteiger charge is 2.42. The fourth-order valence-corrected chi connectivity index (χ4v) is 3.19. The lowest BCUT2D eigenvalue weighted by atomic mass is 9.65. The van der Waals surface area contributed by atoms with E-state index in [9.17, 15) is 4.79 Å². The smallest absolute Gasteiger partial charge is 0.244 e. The van der Waals surface area contributed by atoms with Crippen molar-refractivity contribution in [2.75, 3.05) is 0 Å². The zero-order valence-electron chi connectivity index (χ0n) is 10.5. The van der Waals surface area contributed by atoms with Crippen LogP contribution >= 0.6 is 0 Å². The lowest BCUT2D eigenvalue weighted by Gasteiger charge is -2.39. The number of amides is 1. The van der Waals surface area contributed by atoms with Crippen molar-refractivity contribution in [2.24, 2.45) is 17.2 Å². The van der Waals surface area contributed by atoms with Crippen LogP contribution in [0.1, 0.15) is 45.4 Å². The van der Waals surface area contributed by atoms with E-state index in [1.165, 1.54) is 12.0 Å². The Morgan fingerprint density at radius 2 is 2.12 bits per heavy atom. The molecule has 0 heterocycles. The van der Waals surface area contributed by atoms with Crippen LogP contribution in [-0.4, -0.2) is 5.91 Å². The SMILES string of the molecule is CC1C=CC=C(C2(C(=O)NN)CCCCC2)C1. The normalized spacial score (nSPS) is 27.4. The van der Waals surface area contributed by atoms with Crippen molar-refractivity contribution in [2.45, 2.75) is 45.4 Å². The van der Waals surface area contributed by atoms with Gasteiger partial charge in [0.2, 0.25) is 5.91 Å². The predicted octanol–water partition coefficient (Wildman–Crippen LogP) is 2.45. The number of hydrogen-bond acceptors (Lipinski definition) is 2. The number of hydrazine groups is 1. The molecule has 0 bridgehead atoms. The van der Waals surface area contributed by atoms with Crippen LogP contribution in [0.4, 0.5) is 0 Å². The molecular weight excluding hydrogens is 212 g/mol. The van der Waals surface area contributed by atoms with Gasteiger partial charge < -0.3 is 0 Å². The van der Waals surface area contributed by atoms with Gasteiger partial charge in [0.15, 0.2) is 0 Å². The molecule has 2 rings (SSSR count). The Balaban J connectivity index is 2.29. The molecule has 94 valence electrons. The first-order valence-corrected chi connectivity index (χ1v) is 6.58. The second-order valence-electron chi connectivity index (χ2n) is 5.37. The van der Waals surface area contributed by atoms with Crippen LogP contribution in [0.2, 0.25) is 0 Å². The molecule has 1 atom stereocenters. The van der Waals surface area contributed by atoms with E-state index in [-0.39, 0.29) is 11.3 Å². The molecule has 3 nitrogen and oxygen atoms in total. The lowest BCUT2D eigenvalue weighted by molar-refractivity contribution is -0.130. The van der Waals surface area contributed by atoms with Crippen LogP contribution in [0.25, 0.3) is 0 Å². The third-order valence-electron chi connectivity index (χ3n) is 4.17. The van der Waals surface area contributed by atoms with Gasteiger partial charge in [-0.2, -0.15) is 0 Å². The first-order chi connectivity index (χ1) is 8.19. The molecule has 1 fully saturated rings. The van der Waals surface area contributed by atoms with Crippen LogP contribution < -0.4 is 11.3 Å². The van der Waals surface area contributed by atoms with Crippen molar-refractivity contribution >= 4 is 5.91 Å². The molecule has 0 aromatic rings. The van der Waals surface area contributed by atoms with Gasteiger partial charge >= 0.3 is 0 Å². The van der Waals surface area contributed by atoms with Gasteiger partial charge in [-0.1, -0.05) is 50.0 Å². The quantitative estimate of drug-likeness (QED) is 0.438. The van der Waals surface area contributed by atoms with Crippen LogP contribution in [0.15, 0.2) is 23.8 Å². The van der Waals surface area contributed by atoms with Gasteiger partial charge in [-0.15, -0.1) is 0 Å². The standard InChI is InChI=1S/C14H22N2O/c1-11-6-5-7-12(10-11)14(13(17)16-15)8-3-2-4-9-14/h5-7,11H,2-4,8-10,15H2,1H3,(H,16,17). The molecule has 0 aromatic carbocycles. The Hall–Kier alpha value is -1.09. The fourth-order valence-electron chi connectivity index (χ4n) is 3.19.